The zero-order valence-electron chi connectivity index (χ0n) is 11.2. The standard InChI is InChI=1S/C14H18N2O3/c1-10(2)14-15-13(16-19-14)9-18-12-5-3-11(4-6-12)7-8-17/h3-6,10,17H,7-9H2,1-2H3. The van der Waals surface area contributed by atoms with Crippen molar-refractivity contribution >= 4 is 0 Å². The predicted octanol–water partition coefficient (Wildman–Crippen LogP) is 2.31. The van der Waals surface area contributed by atoms with Crippen molar-refractivity contribution in [1.29, 1.82) is 0 Å². The second kappa shape index (κ2) is 6.33. The van der Waals surface area contributed by atoms with Gasteiger partial charge in [-0.25, -0.2) is 0 Å². The summed E-state index contributed by atoms with van der Waals surface area (Å²) in [4.78, 5) is 4.24. The highest BCUT2D eigenvalue weighted by atomic mass is 16.5. The number of aromatic nitrogens is 2. The van der Waals surface area contributed by atoms with Crippen LogP contribution in [-0.2, 0) is 13.0 Å². The molecule has 0 bridgehead atoms. The molecule has 1 aromatic carbocycles. The van der Waals surface area contributed by atoms with Gasteiger partial charge >= 0.3 is 0 Å². The molecular weight excluding hydrogens is 244 g/mol. The van der Waals surface area contributed by atoms with Crippen LogP contribution in [0, 0.1) is 0 Å². The molecule has 0 aliphatic carbocycles. The third kappa shape index (κ3) is 3.79. The van der Waals surface area contributed by atoms with Gasteiger partial charge in [0.2, 0.25) is 11.7 Å². The molecule has 1 N–H and O–H groups in total. The maximum atomic E-state index is 8.83. The number of hydrogen-bond donors (Lipinski definition) is 1. The van der Waals surface area contributed by atoms with Gasteiger partial charge in [-0.1, -0.05) is 31.1 Å². The molecule has 0 amide bonds. The predicted molar refractivity (Wildman–Crippen MR) is 70.0 cm³/mol. The van der Waals surface area contributed by atoms with Crippen LogP contribution in [0.4, 0.5) is 0 Å². The van der Waals surface area contributed by atoms with Crippen LogP contribution in [0.15, 0.2) is 28.8 Å². The molecule has 1 aromatic heterocycles. The molecular formula is C14H18N2O3. The topological polar surface area (TPSA) is 68.4 Å². The molecule has 1 heterocycles. The smallest absolute Gasteiger partial charge is 0.229 e. The molecule has 0 aliphatic rings. The van der Waals surface area contributed by atoms with Crippen molar-refractivity contribution in [3.8, 4) is 5.75 Å². The minimum absolute atomic E-state index is 0.154. The van der Waals surface area contributed by atoms with Gasteiger partial charge in [0.15, 0.2) is 6.61 Å². The first kappa shape index (κ1) is 13.5. The van der Waals surface area contributed by atoms with Gasteiger partial charge < -0.3 is 14.4 Å². The van der Waals surface area contributed by atoms with E-state index in [4.69, 9.17) is 14.4 Å². The van der Waals surface area contributed by atoms with Gasteiger partial charge in [-0.05, 0) is 24.1 Å². The van der Waals surface area contributed by atoms with Crippen molar-refractivity contribution < 1.29 is 14.4 Å². The molecule has 0 unspecified atom stereocenters. The molecule has 0 fully saturated rings. The quantitative estimate of drug-likeness (QED) is 0.865. The minimum Gasteiger partial charge on any atom is -0.485 e. The summed E-state index contributed by atoms with van der Waals surface area (Å²) in [6, 6.07) is 7.60. The number of aliphatic hydroxyl groups is 1. The summed E-state index contributed by atoms with van der Waals surface area (Å²) >= 11 is 0. The molecule has 19 heavy (non-hydrogen) atoms. The lowest BCUT2D eigenvalue weighted by molar-refractivity contribution is 0.284. The van der Waals surface area contributed by atoms with Gasteiger partial charge in [0.1, 0.15) is 5.75 Å². The lowest BCUT2D eigenvalue weighted by Gasteiger charge is -2.04. The summed E-state index contributed by atoms with van der Waals surface area (Å²) in [6.45, 7) is 4.44. The fraction of sp³-hybridized carbons (Fsp3) is 0.429. The van der Waals surface area contributed by atoms with E-state index in [0.29, 0.717) is 18.1 Å². The monoisotopic (exact) mass is 262 g/mol. The van der Waals surface area contributed by atoms with Crippen molar-refractivity contribution in [2.24, 2.45) is 0 Å². The number of rotatable bonds is 6. The Morgan fingerprint density at radius 1 is 1.26 bits per heavy atom. The normalized spacial score (nSPS) is 10.9. The lowest BCUT2D eigenvalue weighted by atomic mass is 10.1. The fourth-order valence-electron chi connectivity index (χ4n) is 1.59. The molecule has 0 saturated carbocycles. The summed E-state index contributed by atoms with van der Waals surface area (Å²) in [5, 5.41) is 12.7. The second-order valence-electron chi connectivity index (χ2n) is 4.61. The van der Waals surface area contributed by atoms with Crippen LogP contribution in [-0.4, -0.2) is 21.9 Å². The van der Waals surface area contributed by atoms with Gasteiger partial charge in [0, 0.05) is 12.5 Å². The van der Waals surface area contributed by atoms with Crippen LogP contribution in [0.25, 0.3) is 0 Å². The Kier molecular flexibility index (Phi) is 4.52. The van der Waals surface area contributed by atoms with Gasteiger partial charge in [-0.15, -0.1) is 0 Å². The molecule has 2 rings (SSSR count). The van der Waals surface area contributed by atoms with Crippen molar-refractivity contribution in [2.45, 2.75) is 32.8 Å². The molecule has 5 heteroatoms. The number of ether oxygens (including phenoxy) is 1. The SMILES string of the molecule is CC(C)c1nc(COc2ccc(CCO)cc2)no1. The Hall–Kier alpha value is -1.88. The molecule has 0 radical (unpaired) electrons. The Morgan fingerprint density at radius 2 is 2.00 bits per heavy atom. The number of hydrogen-bond acceptors (Lipinski definition) is 5. The van der Waals surface area contributed by atoms with Gasteiger partial charge in [-0.2, -0.15) is 4.98 Å². The van der Waals surface area contributed by atoms with Crippen molar-refractivity contribution in [1.82, 2.24) is 10.1 Å². The highest BCUT2D eigenvalue weighted by molar-refractivity contribution is 5.27. The highest BCUT2D eigenvalue weighted by Gasteiger charge is 2.10. The van der Waals surface area contributed by atoms with E-state index in [1.165, 1.54) is 0 Å². The van der Waals surface area contributed by atoms with Crippen LogP contribution in [0.1, 0.15) is 37.0 Å². The van der Waals surface area contributed by atoms with E-state index in [0.717, 1.165) is 11.3 Å². The molecule has 2 aromatic rings. The van der Waals surface area contributed by atoms with Crippen LogP contribution < -0.4 is 4.74 Å². The van der Waals surface area contributed by atoms with Crippen molar-refractivity contribution in [2.75, 3.05) is 6.61 Å². The average molecular weight is 262 g/mol. The lowest BCUT2D eigenvalue weighted by Crippen LogP contribution is -1.98. The highest BCUT2D eigenvalue weighted by Crippen LogP contribution is 2.15. The molecule has 5 nitrogen and oxygen atoms in total. The summed E-state index contributed by atoms with van der Waals surface area (Å²) < 4.78 is 10.7. The third-order valence-electron chi connectivity index (χ3n) is 2.67. The zero-order valence-corrected chi connectivity index (χ0v) is 11.2. The Labute approximate surface area is 112 Å². The van der Waals surface area contributed by atoms with E-state index >= 15 is 0 Å². The number of aliphatic hydroxyl groups excluding tert-OH is 1. The van der Waals surface area contributed by atoms with Crippen LogP contribution in [0.3, 0.4) is 0 Å². The molecule has 0 aliphatic heterocycles. The summed E-state index contributed by atoms with van der Waals surface area (Å²) in [6.07, 6.45) is 0.656. The van der Waals surface area contributed by atoms with Crippen LogP contribution in [0.5, 0.6) is 5.75 Å². The van der Waals surface area contributed by atoms with Gasteiger partial charge in [0.25, 0.3) is 0 Å². The van der Waals surface area contributed by atoms with Gasteiger partial charge in [0.05, 0.1) is 0 Å². The van der Waals surface area contributed by atoms with E-state index in [1.807, 2.05) is 38.1 Å². The first-order valence-electron chi connectivity index (χ1n) is 6.34. The van der Waals surface area contributed by atoms with Gasteiger partial charge in [-0.3, -0.25) is 0 Å². The van der Waals surface area contributed by atoms with Crippen LogP contribution >= 0.6 is 0 Å². The van der Waals surface area contributed by atoms with E-state index in [2.05, 4.69) is 10.1 Å². The Bertz CT molecular complexity index is 506. The van der Waals surface area contributed by atoms with E-state index in [9.17, 15) is 0 Å². The summed E-state index contributed by atoms with van der Waals surface area (Å²) in [7, 11) is 0. The second-order valence-corrected chi connectivity index (χ2v) is 4.61. The van der Waals surface area contributed by atoms with Crippen molar-refractivity contribution in [3.05, 3.63) is 41.5 Å². The Balaban J connectivity index is 1.90. The molecule has 0 atom stereocenters. The van der Waals surface area contributed by atoms with Crippen LogP contribution in [0.2, 0.25) is 0 Å². The first-order valence-corrected chi connectivity index (χ1v) is 6.34. The Morgan fingerprint density at radius 3 is 2.58 bits per heavy atom. The van der Waals surface area contributed by atoms with E-state index < -0.39 is 0 Å². The summed E-state index contributed by atoms with van der Waals surface area (Å²) in [5.74, 6) is 2.14. The largest absolute Gasteiger partial charge is 0.485 e. The molecule has 102 valence electrons. The zero-order chi connectivity index (χ0) is 13.7. The number of benzene rings is 1. The average Bonchev–Trinajstić information content (AvgIpc) is 2.87. The molecule has 0 spiro atoms. The molecule has 0 saturated heterocycles. The third-order valence-corrected chi connectivity index (χ3v) is 2.67. The fourth-order valence-corrected chi connectivity index (χ4v) is 1.59. The number of nitrogens with zero attached hydrogens (tertiary/aromatic N) is 2. The van der Waals surface area contributed by atoms with E-state index in [1.54, 1.807) is 0 Å². The first-order chi connectivity index (χ1) is 9.19. The maximum absolute atomic E-state index is 8.83. The summed E-state index contributed by atoms with van der Waals surface area (Å²) in [5.41, 5.74) is 1.08. The maximum Gasteiger partial charge on any atom is 0.229 e. The van der Waals surface area contributed by atoms with E-state index in [-0.39, 0.29) is 19.1 Å². The minimum atomic E-state index is 0.154. The van der Waals surface area contributed by atoms with Crippen molar-refractivity contribution in [3.63, 3.8) is 0 Å².